The van der Waals surface area contributed by atoms with Crippen LogP contribution < -0.4 is 0 Å². The van der Waals surface area contributed by atoms with Gasteiger partial charge >= 0.3 is 5.97 Å². The van der Waals surface area contributed by atoms with Crippen LogP contribution in [0.5, 0.6) is 0 Å². The Labute approximate surface area is 157 Å². The highest BCUT2D eigenvalue weighted by Gasteiger charge is 2.29. The molecule has 0 amide bonds. The van der Waals surface area contributed by atoms with Crippen molar-refractivity contribution in [1.82, 2.24) is 0 Å². The van der Waals surface area contributed by atoms with E-state index in [1.807, 2.05) is 30.4 Å². The SMILES string of the molecule is CCCCC(C)(C)C(O)C=CC1C=CC(=O)C1CC=CCCCC(=O)O. The summed E-state index contributed by atoms with van der Waals surface area (Å²) < 4.78 is 0. The van der Waals surface area contributed by atoms with Crippen LogP contribution in [-0.2, 0) is 9.59 Å². The first-order chi connectivity index (χ1) is 12.3. The van der Waals surface area contributed by atoms with Gasteiger partial charge in [-0.2, -0.15) is 0 Å². The molecule has 146 valence electrons. The van der Waals surface area contributed by atoms with Crippen LogP contribution >= 0.6 is 0 Å². The van der Waals surface area contributed by atoms with Crippen LogP contribution in [0.15, 0.2) is 36.5 Å². The number of carbonyl (C=O) groups is 2. The summed E-state index contributed by atoms with van der Waals surface area (Å²) in [5, 5.41) is 19.1. The van der Waals surface area contributed by atoms with E-state index in [1.54, 1.807) is 6.08 Å². The molecule has 0 saturated carbocycles. The molecule has 0 aromatic rings. The predicted octanol–water partition coefficient (Wildman–Crippen LogP) is 4.69. The largest absolute Gasteiger partial charge is 0.481 e. The number of allylic oxidation sites excluding steroid dienone is 5. The van der Waals surface area contributed by atoms with Gasteiger partial charge < -0.3 is 10.2 Å². The molecule has 1 rings (SSSR count). The first-order valence-corrected chi connectivity index (χ1v) is 9.73. The highest BCUT2D eigenvalue weighted by atomic mass is 16.4. The van der Waals surface area contributed by atoms with Crippen LogP contribution in [0.3, 0.4) is 0 Å². The molecular weight excluding hydrogens is 328 g/mol. The molecule has 0 bridgehead atoms. The Hall–Kier alpha value is -1.68. The van der Waals surface area contributed by atoms with E-state index in [0.29, 0.717) is 19.3 Å². The van der Waals surface area contributed by atoms with Gasteiger partial charge in [0.1, 0.15) is 0 Å². The summed E-state index contributed by atoms with van der Waals surface area (Å²) in [5.41, 5.74) is -0.168. The summed E-state index contributed by atoms with van der Waals surface area (Å²) >= 11 is 0. The Bertz CT molecular complexity index is 542. The Morgan fingerprint density at radius 3 is 2.69 bits per heavy atom. The molecule has 0 aliphatic heterocycles. The number of carbonyl (C=O) groups excluding carboxylic acids is 1. The van der Waals surface area contributed by atoms with Gasteiger partial charge in [-0.1, -0.05) is 64.0 Å². The number of hydrogen-bond acceptors (Lipinski definition) is 3. The van der Waals surface area contributed by atoms with Crippen LogP contribution in [0.2, 0.25) is 0 Å². The number of rotatable bonds is 12. The number of carboxylic acid groups (broad SMARTS) is 1. The van der Waals surface area contributed by atoms with Crippen LogP contribution in [0.4, 0.5) is 0 Å². The highest BCUT2D eigenvalue weighted by Crippen LogP contribution is 2.31. The molecule has 0 heterocycles. The fourth-order valence-electron chi connectivity index (χ4n) is 3.13. The van der Waals surface area contributed by atoms with Crippen molar-refractivity contribution in [2.45, 2.75) is 71.8 Å². The average molecular weight is 363 g/mol. The summed E-state index contributed by atoms with van der Waals surface area (Å²) in [5.74, 6) is -0.760. The third-order valence-electron chi connectivity index (χ3n) is 5.12. The topological polar surface area (TPSA) is 74.6 Å². The van der Waals surface area contributed by atoms with Crippen molar-refractivity contribution in [3.8, 4) is 0 Å². The van der Waals surface area contributed by atoms with Gasteiger partial charge in [-0.25, -0.2) is 0 Å². The monoisotopic (exact) mass is 362 g/mol. The minimum Gasteiger partial charge on any atom is -0.481 e. The van der Waals surface area contributed by atoms with Crippen molar-refractivity contribution in [3.05, 3.63) is 36.5 Å². The number of ketones is 1. The number of carboxylic acids is 1. The number of hydrogen-bond donors (Lipinski definition) is 2. The second-order valence-electron chi connectivity index (χ2n) is 7.86. The number of aliphatic hydroxyl groups excluding tert-OH is 1. The Kier molecular flexibility index (Phi) is 9.57. The molecule has 3 unspecified atom stereocenters. The van der Waals surface area contributed by atoms with Gasteiger partial charge in [-0.15, -0.1) is 0 Å². The lowest BCUT2D eigenvalue weighted by molar-refractivity contribution is -0.137. The molecule has 1 aliphatic rings. The summed E-state index contributed by atoms with van der Waals surface area (Å²) in [6, 6.07) is 0. The van der Waals surface area contributed by atoms with Crippen molar-refractivity contribution in [1.29, 1.82) is 0 Å². The molecule has 0 aromatic heterocycles. The fourth-order valence-corrected chi connectivity index (χ4v) is 3.13. The molecule has 26 heavy (non-hydrogen) atoms. The first kappa shape index (κ1) is 22.4. The van der Waals surface area contributed by atoms with Gasteiger partial charge in [0.25, 0.3) is 0 Å². The quantitative estimate of drug-likeness (QED) is 0.390. The van der Waals surface area contributed by atoms with Crippen LogP contribution in [0.25, 0.3) is 0 Å². The third kappa shape index (κ3) is 7.69. The average Bonchev–Trinajstić information content (AvgIpc) is 2.93. The second kappa shape index (κ2) is 11.1. The van der Waals surface area contributed by atoms with E-state index in [4.69, 9.17) is 5.11 Å². The van der Waals surface area contributed by atoms with Gasteiger partial charge in [-0.3, -0.25) is 9.59 Å². The molecule has 0 spiro atoms. The standard InChI is InChI=1S/C22H34O4/c1-4-5-16-22(2,3)20(24)15-13-17-12-14-19(23)18(17)10-8-6-7-9-11-21(25)26/h6,8,12-15,17-18,20,24H,4-5,7,9-11,16H2,1-3H3,(H,25,26). The van der Waals surface area contributed by atoms with Gasteiger partial charge in [-0.05, 0) is 37.2 Å². The smallest absolute Gasteiger partial charge is 0.303 e. The molecule has 3 atom stereocenters. The Balaban J connectivity index is 2.54. The zero-order chi connectivity index (χ0) is 19.6. The zero-order valence-corrected chi connectivity index (χ0v) is 16.4. The van der Waals surface area contributed by atoms with Crippen LogP contribution in [0, 0.1) is 17.3 Å². The maximum Gasteiger partial charge on any atom is 0.303 e. The first-order valence-electron chi connectivity index (χ1n) is 9.73. The molecule has 0 saturated heterocycles. The zero-order valence-electron chi connectivity index (χ0n) is 16.4. The lowest BCUT2D eigenvalue weighted by Gasteiger charge is -2.28. The normalized spacial score (nSPS) is 21.9. The number of unbranched alkanes of at least 4 members (excludes halogenated alkanes) is 2. The molecular formula is C22H34O4. The van der Waals surface area contributed by atoms with E-state index in [1.165, 1.54) is 0 Å². The minimum absolute atomic E-state index is 0.0165. The molecule has 0 aromatic carbocycles. The highest BCUT2D eigenvalue weighted by molar-refractivity contribution is 5.95. The van der Waals surface area contributed by atoms with Crippen LogP contribution in [0.1, 0.15) is 65.7 Å². The molecule has 4 nitrogen and oxygen atoms in total. The lowest BCUT2D eigenvalue weighted by Crippen LogP contribution is -2.27. The Morgan fingerprint density at radius 2 is 2.04 bits per heavy atom. The van der Waals surface area contributed by atoms with Gasteiger partial charge in [0.05, 0.1) is 6.10 Å². The molecule has 1 aliphatic carbocycles. The second-order valence-corrected chi connectivity index (χ2v) is 7.86. The van der Waals surface area contributed by atoms with Gasteiger partial charge in [0.15, 0.2) is 5.78 Å². The fraction of sp³-hybridized carbons (Fsp3) is 0.636. The molecule has 0 fully saturated rings. The van der Waals surface area contributed by atoms with E-state index in [9.17, 15) is 14.7 Å². The van der Waals surface area contributed by atoms with Gasteiger partial charge in [0.2, 0.25) is 0 Å². The number of aliphatic carboxylic acids is 1. The summed E-state index contributed by atoms with van der Waals surface area (Å²) in [4.78, 5) is 22.6. The van der Waals surface area contributed by atoms with E-state index < -0.39 is 12.1 Å². The van der Waals surface area contributed by atoms with Crippen molar-refractivity contribution in [2.24, 2.45) is 17.3 Å². The maximum atomic E-state index is 12.1. The number of aliphatic hydroxyl groups is 1. The summed E-state index contributed by atoms with van der Waals surface area (Å²) in [6.07, 6.45) is 16.1. The minimum atomic E-state index is -0.779. The predicted molar refractivity (Wildman–Crippen MR) is 105 cm³/mol. The van der Waals surface area contributed by atoms with Crippen molar-refractivity contribution >= 4 is 11.8 Å². The maximum absolute atomic E-state index is 12.1. The van der Waals surface area contributed by atoms with Crippen molar-refractivity contribution < 1.29 is 19.8 Å². The van der Waals surface area contributed by atoms with Crippen LogP contribution in [-0.4, -0.2) is 28.1 Å². The summed E-state index contributed by atoms with van der Waals surface area (Å²) in [7, 11) is 0. The summed E-state index contributed by atoms with van der Waals surface area (Å²) in [6.45, 7) is 6.29. The van der Waals surface area contributed by atoms with E-state index in [0.717, 1.165) is 19.3 Å². The molecule has 4 heteroatoms. The van der Waals surface area contributed by atoms with E-state index >= 15 is 0 Å². The van der Waals surface area contributed by atoms with E-state index in [2.05, 4.69) is 20.8 Å². The van der Waals surface area contributed by atoms with Gasteiger partial charge in [0, 0.05) is 18.3 Å². The van der Waals surface area contributed by atoms with Crippen molar-refractivity contribution in [3.63, 3.8) is 0 Å². The third-order valence-corrected chi connectivity index (χ3v) is 5.12. The molecule has 2 N–H and O–H groups in total. The lowest BCUT2D eigenvalue weighted by atomic mass is 9.80. The van der Waals surface area contributed by atoms with E-state index in [-0.39, 0.29) is 29.5 Å². The molecule has 0 radical (unpaired) electrons. The Morgan fingerprint density at radius 1 is 1.31 bits per heavy atom. The van der Waals surface area contributed by atoms with Crippen molar-refractivity contribution in [2.75, 3.05) is 0 Å².